The molecule has 0 unspecified atom stereocenters. The van der Waals surface area contributed by atoms with Crippen LogP contribution in [0.2, 0.25) is 0 Å². The van der Waals surface area contributed by atoms with E-state index in [0.29, 0.717) is 24.5 Å². The molecule has 0 saturated carbocycles. The molecule has 1 atom stereocenters. The maximum atomic E-state index is 12.4. The Morgan fingerprint density at radius 2 is 2.08 bits per heavy atom. The van der Waals surface area contributed by atoms with Gasteiger partial charge in [-0.2, -0.15) is 0 Å². The maximum absolute atomic E-state index is 12.4. The van der Waals surface area contributed by atoms with Crippen LogP contribution in [-0.4, -0.2) is 30.1 Å². The number of nitrogen functional groups attached to an aromatic ring is 1. The van der Waals surface area contributed by atoms with Gasteiger partial charge in [-0.05, 0) is 49.6 Å². The van der Waals surface area contributed by atoms with Crippen LogP contribution in [0.3, 0.4) is 0 Å². The van der Waals surface area contributed by atoms with Crippen molar-refractivity contribution in [1.82, 2.24) is 10.3 Å². The van der Waals surface area contributed by atoms with Crippen molar-refractivity contribution >= 4 is 11.7 Å². The van der Waals surface area contributed by atoms with E-state index in [9.17, 15) is 4.79 Å². The van der Waals surface area contributed by atoms with Crippen LogP contribution in [0.15, 0.2) is 36.5 Å². The van der Waals surface area contributed by atoms with E-state index >= 15 is 0 Å². The molecule has 0 fully saturated rings. The highest BCUT2D eigenvalue weighted by molar-refractivity contribution is 5.95. The van der Waals surface area contributed by atoms with Crippen LogP contribution in [0.5, 0.6) is 0 Å². The molecule has 5 heteroatoms. The molecule has 0 spiro atoms. The number of amides is 1. The van der Waals surface area contributed by atoms with Gasteiger partial charge in [0.2, 0.25) is 0 Å². The lowest BCUT2D eigenvalue weighted by Crippen LogP contribution is -2.33. The number of anilines is 1. The second-order valence-corrected chi connectivity index (χ2v) is 5.70. The van der Waals surface area contributed by atoms with E-state index in [4.69, 9.17) is 10.5 Å². The van der Waals surface area contributed by atoms with Crippen molar-refractivity contribution in [3.05, 3.63) is 47.7 Å². The number of rotatable bonds is 7. The number of aryl methyl sites for hydroxylation is 1. The molecule has 3 N–H and O–H groups in total. The van der Waals surface area contributed by atoms with E-state index in [1.54, 1.807) is 12.3 Å². The van der Waals surface area contributed by atoms with E-state index in [2.05, 4.69) is 10.3 Å². The molecular formula is C19H25N3O2. The first-order valence-corrected chi connectivity index (χ1v) is 8.27. The van der Waals surface area contributed by atoms with Crippen LogP contribution < -0.4 is 11.1 Å². The standard InChI is InChI=1S/C19H25N3O2/c1-4-17(24-5-2)12-22-19(23)15-8-6-7-14(10-15)16-9-13(3)18(20)21-11-16/h6-11,17H,4-5,12H2,1-3H3,(H2,20,21)(H,22,23)/t17-/m0/s1. The van der Waals surface area contributed by atoms with Crippen molar-refractivity contribution in [2.75, 3.05) is 18.9 Å². The van der Waals surface area contributed by atoms with Crippen LogP contribution in [0.1, 0.15) is 36.2 Å². The van der Waals surface area contributed by atoms with E-state index < -0.39 is 0 Å². The van der Waals surface area contributed by atoms with Crippen LogP contribution in [0, 0.1) is 6.92 Å². The highest BCUT2D eigenvalue weighted by Gasteiger charge is 2.11. The summed E-state index contributed by atoms with van der Waals surface area (Å²) in [6.07, 6.45) is 2.64. The molecule has 2 aromatic rings. The fourth-order valence-corrected chi connectivity index (χ4v) is 2.45. The van der Waals surface area contributed by atoms with Crippen molar-refractivity contribution in [3.63, 3.8) is 0 Å². The number of pyridine rings is 1. The van der Waals surface area contributed by atoms with E-state index in [1.165, 1.54) is 0 Å². The molecule has 1 amide bonds. The topological polar surface area (TPSA) is 77.2 Å². The van der Waals surface area contributed by atoms with Crippen molar-refractivity contribution in [1.29, 1.82) is 0 Å². The van der Waals surface area contributed by atoms with Crippen molar-refractivity contribution < 1.29 is 9.53 Å². The van der Waals surface area contributed by atoms with Gasteiger partial charge < -0.3 is 15.8 Å². The van der Waals surface area contributed by atoms with Crippen LogP contribution >= 0.6 is 0 Å². The average Bonchev–Trinajstić information content (AvgIpc) is 2.60. The number of hydrogen-bond acceptors (Lipinski definition) is 4. The zero-order chi connectivity index (χ0) is 17.5. The Hall–Kier alpha value is -2.40. The van der Waals surface area contributed by atoms with Gasteiger partial charge in [0.15, 0.2) is 0 Å². The quantitative estimate of drug-likeness (QED) is 0.819. The van der Waals surface area contributed by atoms with Gasteiger partial charge in [0.05, 0.1) is 6.10 Å². The molecule has 1 aromatic carbocycles. The Kier molecular flexibility index (Phi) is 6.32. The third-order valence-electron chi connectivity index (χ3n) is 3.92. The number of ether oxygens (including phenoxy) is 1. The minimum Gasteiger partial charge on any atom is -0.383 e. The van der Waals surface area contributed by atoms with Crippen molar-refractivity contribution in [2.24, 2.45) is 0 Å². The van der Waals surface area contributed by atoms with E-state index in [-0.39, 0.29) is 12.0 Å². The first-order valence-electron chi connectivity index (χ1n) is 8.27. The maximum Gasteiger partial charge on any atom is 0.251 e. The molecule has 1 aromatic heterocycles. The Balaban J connectivity index is 2.11. The summed E-state index contributed by atoms with van der Waals surface area (Å²) in [6.45, 7) is 7.07. The summed E-state index contributed by atoms with van der Waals surface area (Å²) < 4.78 is 5.56. The Morgan fingerprint density at radius 3 is 2.75 bits per heavy atom. The SMILES string of the molecule is CCO[C@@H](CC)CNC(=O)c1cccc(-c2cnc(N)c(C)c2)c1. The molecule has 1 heterocycles. The number of carbonyl (C=O) groups excluding carboxylic acids is 1. The minimum absolute atomic E-state index is 0.0473. The monoisotopic (exact) mass is 327 g/mol. The van der Waals surface area contributed by atoms with E-state index in [0.717, 1.165) is 23.1 Å². The highest BCUT2D eigenvalue weighted by Crippen LogP contribution is 2.22. The van der Waals surface area contributed by atoms with Crippen molar-refractivity contribution in [2.45, 2.75) is 33.3 Å². The molecule has 0 aliphatic heterocycles. The number of carbonyl (C=O) groups is 1. The number of aromatic nitrogens is 1. The summed E-state index contributed by atoms with van der Waals surface area (Å²) in [5.41, 5.74) is 9.19. The highest BCUT2D eigenvalue weighted by atomic mass is 16.5. The van der Waals surface area contributed by atoms with Gasteiger partial charge in [-0.1, -0.05) is 19.1 Å². The third-order valence-corrected chi connectivity index (χ3v) is 3.92. The minimum atomic E-state index is -0.102. The summed E-state index contributed by atoms with van der Waals surface area (Å²) in [7, 11) is 0. The smallest absolute Gasteiger partial charge is 0.251 e. The van der Waals surface area contributed by atoms with E-state index in [1.807, 2.05) is 45.0 Å². The number of benzene rings is 1. The zero-order valence-electron chi connectivity index (χ0n) is 14.5. The first kappa shape index (κ1) is 17.9. The molecule has 0 radical (unpaired) electrons. The van der Waals surface area contributed by atoms with Crippen molar-refractivity contribution in [3.8, 4) is 11.1 Å². The molecular weight excluding hydrogens is 302 g/mol. The van der Waals surface area contributed by atoms with Gasteiger partial charge >= 0.3 is 0 Å². The predicted octanol–water partition coefficient (Wildman–Crippen LogP) is 3.18. The lowest BCUT2D eigenvalue weighted by atomic mass is 10.0. The fourth-order valence-electron chi connectivity index (χ4n) is 2.45. The molecule has 5 nitrogen and oxygen atoms in total. The van der Waals surface area contributed by atoms with Gasteiger partial charge in [-0.3, -0.25) is 4.79 Å². The molecule has 0 bridgehead atoms. The van der Waals surface area contributed by atoms with Crippen LogP contribution in [0.25, 0.3) is 11.1 Å². The molecule has 24 heavy (non-hydrogen) atoms. The summed E-state index contributed by atoms with van der Waals surface area (Å²) >= 11 is 0. The van der Waals surface area contributed by atoms with Gasteiger partial charge in [-0.15, -0.1) is 0 Å². The molecule has 128 valence electrons. The predicted molar refractivity (Wildman–Crippen MR) is 96.9 cm³/mol. The van der Waals surface area contributed by atoms with Crippen LogP contribution in [0.4, 0.5) is 5.82 Å². The first-order chi connectivity index (χ1) is 11.5. The summed E-state index contributed by atoms with van der Waals surface area (Å²) in [5, 5.41) is 2.93. The molecule has 2 rings (SSSR count). The zero-order valence-corrected chi connectivity index (χ0v) is 14.5. The molecule has 0 saturated heterocycles. The van der Waals surface area contributed by atoms with Crippen LogP contribution in [-0.2, 0) is 4.74 Å². The number of nitrogens with one attached hydrogen (secondary N) is 1. The number of nitrogens with zero attached hydrogens (tertiary/aromatic N) is 1. The van der Waals surface area contributed by atoms with Gasteiger partial charge in [0.1, 0.15) is 5.82 Å². The van der Waals surface area contributed by atoms with Gasteiger partial charge in [-0.25, -0.2) is 4.98 Å². The Labute approximate surface area is 143 Å². The number of hydrogen-bond donors (Lipinski definition) is 2. The lowest BCUT2D eigenvalue weighted by Gasteiger charge is -2.15. The Bertz CT molecular complexity index is 701. The normalized spacial score (nSPS) is 12.0. The summed E-state index contributed by atoms with van der Waals surface area (Å²) in [6, 6.07) is 9.47. The third kappa shape index (κ3) is 4.55. The van der Waals surface area contributed by atoms with Gasteiger partial charge in [0.25, 0.3) is 5.91 Å². The lowest BCUT2D eigenvalue weighted by molar-refractivity contribution is 0.0569. The Morgan fingerprint density at radius 1 is 1.29 bits per heavy atom. The average molecular weight is 327 g/mol. The second-order valence-electron chi connectivity index (χ2n) is 5.70. The molecule has 0 aliphatic carbocycles. The summed E-state index contributed by atoms with van der Waals surface area (Å²) in [5.74, 6) is 0.421. The molecule has 0 aliphatic rings. The largest absolute Gasteiger partial charge is 0.383 e. The summed E-state index contributed by atoms with van der Waals surface area (Å²) in [4.78, 5) is 16.6. The fraction of sp³-hybridized carbons (Fsp3) is 0.368. The van der Waals surface area contributed by atoms with Gasteiger partial charge in [0, 0.05) is 30.5 Å². The number of nitrogens with two attached hydrogens (primary N) is 1. The second kappa shape index (κ2) is 8.45.